The number of hydrogen-bond donors (Lipinski definition) is 1. The maximum Gasteiger partial charge on any atom is 0.410 e. The van der Waals surface area contributed by atoms with Crippen LogP contribution in [0.15, 0.2) is 48.7 Å². The van der Waals surface area contributed by atoms with Crippen molar-refractivity contribution in [1.29, 1.82) is 0 Å². The predicted octanol–water partition coefficient (Wildman–Crippen LogP) is 5.16. The summed E-state index contributed by atoms with van der Waals surface area (Å²) in [5.74, 6) is 0.875. The first-order chi connectivity index (χ1) is 13.2. The molecule has 2 heterocycles. The molecular formula is C22H29N3O2. The summed E-state index contributed by atoms with van der Waals surface area (Å²) in [7, 11) is 0. The maximum atomic E-state index is 12.8. The summed E-state index contributed by atoms with van der Waals surface area (Å²) >= 11 is 0. The zero-order valence-corrected chi connectivity index (χ0v) is 16.2. The molecule has 0 radical (unpaired) electrons. The summed E-state index contributed by atoms with van der Waals surface area (Å²) in [5, 5.41) is 3.48. The maximum absolute atomic E-state index is 12.8. The van der Waals surface area contributed by atoms with Gasteiger partial charge in [-0.15, -0.1) is 0 Å². The minimum Gasteiger partial charge on any atom is -0.445 e. The van der Waals surface area contributed by atoms with Crippen LogP contribution in [0.25, 0.3) is 0 Å². The average molecular weight is 367 g/mol. The fourth-order valence-electron chi connectivity index (χ4n) is 3.42. The molecule has 1 saturated heterocycles. The van der Waals surface area contributed by atoms with Crippen LogP contribution >= 0.6 is 0 Å². The second kappa shape index (κ2) is 9.40. The molecule has 1 fully saturated rings. The number of anilines is 1. The summed E-state index contributed by atoms with van der Waals surface area (Å²) in [5.41, 5.74) is 2.08. The van der Waals surface area contributed by atoms with Gasteiger partial charge >= 0.3 is 6.09 Å². The summed E-state index contributed by atoms with van der Waals surface area (Å²) in [6.07, 6.45) is 5.61. The van der Waals surface area contributed by atoms with Gasteiger partial charge in [0.1, 0.15) is 12.4 Å². The molecule has 2 atom stereocenters. The highest BCUT2D eigenvalue weighted by Crippen LogP contribution is 2.35. The van der Waals surface area contributed by atoms with Crippen LogP contribution in [0.5, 0.6) is 0 Å². The van der Waals surface area contributed by atoms with E-state index in [1.807, 2.05) is 41.3 Å². The van der Waals surface area contributed by atoms with Gasteiger partial charge in [-0.25, -0.2) is 9.78 Å². The molecule has 0 unspecified atom stereocenters. The highest BCUT2D eigenvalue weighted by molar-refractivity contribution is 5.69. The number of carbonyl (C=O) groups excluding carboxylic acids is 1. The molecule has 1 N–H and O–H groups in total. The van der Waals surface area contributed by atoms with E-state index in [2.05, 4.69) is 30.2 Å². The van der Waals surface area contributed by atoms with Crippen LogP contribution in [0.2, 0.25) is 0 Å². The molecule has 27 heavy (non-hydrogen) atoms. The van der Waals surface area contributed by atoms with Crippen LogP contribution in [0.1, 0.15) is 56.7 Å². The lowest BCUT2D eigenvalue weighted by Crippen LogP contribution is -2.39. The molecule has 1 aromatic heterocycles. The average Bonchev–Trinajstić information content (AvgIpc) is 2.73. The number of amides is 1. The molecule has 1 aromatic carbocycles. The third-order valence-corrected chi connectivity index (χ3v) is 5.14. The SMILES string of the molecule is CC[C@H](C)Nc1ncccc1[C@H]1CCCCN1C(=O)OCc1ccccc1. The van der Waals surface area contributed by atoms with Crippen LogP contribution in [0, 0.1) is 0 Å². The van der Waals surface area contributed by atoms with Gasteiger partial charge in [0.05, 0.1) is 6.04 Å². The van der Waals surface area contributed by atoms with Gasteiger partial charge in [-0.05, 0) is 44.2 Å². The molecule has 5 nitrogen and oxygen atoms in total. The molecule has 0 aliphatic carbocycles. The Morgan fingerprint density at radius 3 is 2.85 bits per heavy atom. The van der Waals surface area contributed by atoms with Crippen LogP contribution in [0.3, 0.4) is 0 Å². The van der Waals surface area contributed by atoms with Crippen molar-refractivity contribution >= 4 is 11.9 Å². The van der Waals surface area contributed by atoms with Gasteiger partial charge in [-0.1, -0.05) is 43.3 Å². The number of nitrogens with zero attached hydrogens (tertiary/aromatic N) is 2. The standard InChI is InChI=1S/C22H29N3O2/c1-3-17(2)24-21-19(12-9-14-23-21)20-13-7-8-15-25(20)22(26)27-16-18-10-5-4-6-11-18/h4-6,9-12,14,17,20H,3,7-8,13,15-16H2,1-2H3,(H,23,24)/t17-,20+/m0/s1. The Balaban J connectivity index is 1.74. The number of aromatic nitrogens is 1. The van der Waals surface area contributed by atoms with Gasteiger partial charge < -0.3 is 15.0 Å². The van der Waals surface area contributed by atoms with E-state index in [0.717, 1.165) is 49.2 Å². The number of benzene rings is 1. The summed E-state index contributed by atoms with van der Waals surface area (Å²) in [4.78, 5) is 19.2. The van der Waals surface area contributed by atoms with Crippen LogP contribution in [0.4, 0.5) is 10.6 Å². The molecule has 0 saturated carbocycles. The van der Waals surface area contributed by atoms with E-state index >= 15 is 0 Å². The highest BCUT2D eigenvalue weighted by Gasteiger charge is 2.31. The molecule has 2 aromatic rings. The van der Waals surface area contributed by atoms with E-state index in [1.54, 1.807) is 6.20 Å². The molecular weight excluding hydrogens is 338 g/mol. The fourth-order valence-corrected chi connectivity index (χ4v) is 3.42. The van der Waals surface area contributed by atoms with E-state index in [9.17, 15) is 4.79 Å². The van der Waals surface area contributed by atoms with Crippen molar-refractivity contribution < 1.29 is 9.53 Å². The molecule has 1 aliphatic heterocycles. The molecule has 144 valence electrons. The second-order valence-corrected chi connectivity index (χ2v) is 7.14. The van der Waals surface area contributed by atoms with Gasteiger partial charge in [-0.3, -0.25) is 0 Å². The molecule has 0 spiro atoms. The number of rotatable bonds is 6. The molecule has 3 rings (SSSR count). The number of nitrogens with one attached hydrogen (secondary N) is 1. The van der Waals surface area contributed by atoms with Gasteiger partial charge in [0.25, 0.3) is 0 Å². The third kappa shape index (κ3) is 5.00. The zero-order chi connectivity index (χ0) is 19.1. The summed E-state index contributed by atoms with van der Waals surface area (Å²) in [6.45, 7) is 5.31. The van der Waals surface area contributed by atoms with E-state index < -0.39 is 0 Å². The highest BCUT2D eigenvalue weighted by atomic mass is 16.6. The van der Waals surface area contributed by atoms with E-state index in [-0.39, 0.29) is 12.1 Å². The van der Waals surface area contributed by atoms with E-state index in [4.69, 9.17) is 4.74 Å². The fraction of sp³-hybridized carbons (Fsp3) is 0.455. The molecule has 1 aliphatic rings. The Hall–Kier alpha value is -2.56. The Morgan fingerprint density at radius 2 is 2.07 bits per heavy atom. The molecule has 5 heteroatoms. The number of hydrogen-bond acceptors (Lipinski definition) is 4. The Kier molecular flexibility index (Phi) is 6.69. The van der Waals surface area contributed by atoms with E-state index in [1.165, 1.54) is 0 Å². The topological polar surface area (TPSA) is 54.5 Å². The number of carbonyl (C=O) groups is 1. The minimum absolute atomic E-state index is 0.00211. The minimum atomic E-state index is -0.248. The number of ether oxygens (including phenoxy) is 1. The van der Waals surface area contributed by atoms with Crippen molar-refractivity contribution in [3.63, 3.8) is 0 Å². The number of likely N-dealkylation sites (tertiary alicyclic amines) is 1. The first-order valence-electron chi connectivity index (χ1n) is 9.87. The smallest absolute Gasteiger partial charge is 0.410 e. The first kappa shape index (κ1) is 19.2. The summed E-state index contributed by atoms with van der Waals surface area (Å²) < 4.78 is 5.61. The van der Waals surface area contributed by atoms with Crippen molar-refractivity contribution in [2.45, 2.75) is 58.2 Å². The predicted molar refractivity (Wildman–Crippen MR) is 108 cm³/mol. The molecule has 1 amide bonds. The largest absolute Gasteiger partial charge is 0.445 e. The molecule has 0 bridgehead atoms. The van der Waals surface area contributed by atoms with Crippen molar-refractivity contribution in [2.24, 2.45) is 0 Å². The first-order valence-corrected chi connectivity index (χ1v) is 9.87. The van der Waals surface area contributed by atoms with Gasteiger partial charge in [0, 0.05) is 24.3 Å². The number of pyridine rings is 1. The normalized spacial score (nSPS) is 18.0. The zero-order valence-electron chi connectivity index (χ0n) is 16.2. The van der Waals surface area contributed by atoms with Gasteiger partial charge in [-0.2, -0.15) is 0 Å². The lowest BCUT2D eigenvalue weighted by atomic mass is 9.96. The lowest BCUT2D eigenvalue weighted by Gasteiger charge is -2.36. The monoisotopic (exact) mass is 367 g/mol. The second-order valence-electron chi connectivity index (χ2n) is 7.14. The Labute approximate surface area is 161 Å². The van der Waals surface area contributed by atoms with Crippen LogP contribution in [-0.2, 0) is 11.3 Å². The van der Waals surface area contributed by atoms with Gasteiger partial charge in [0.2, 0.25) is 0 Å². The Morgan fingerprint density at radius 1 is 1.26 bits per heavy atom. The van der Waals surface area contributed by atoms with Gasteiger partial charge in [0.15, 0.2) is 0 Å². The van der Waals surface area contributed by atoms with E-state index in [0.29, 0.717) is 12.6 Å². The lowest BCUT2D eigenvalue weighted by molar-refractivity contribution is 0.0680. The van der Waals surface area contributed by atoms with Crippen molar-refractivity contribution in [3.05, 3.63) is 59.8 Å². The van der Waals surface area contributed by atoms with Crippen LogP contribution in [-0.4, -0.2) is 28.6 Å². The Bertz CT molecular complexity index is 735. The van der Waals surface area contributed by atoms with Crippen molar-refractivity contribution in [3.8, 4) is 0 Å². The third-order valence-electron chi connectivity index (χ3n) is 5.14. The quantitative estimate of drug-likeness (QED) is 0.766. The van der Waals surface area contributed by atoms with Crippen molar-refractivity contribution in [1.82, 2.24) is 9.88 Å². The van der Waals surface area contributed by atoms with Crippen molar-refractivity contribution in [2.75, 3.05) is 11.9 Å². The number of piperidine rings is 1. The van der Waals surface area contributed by atoms with Crippen LogP contribution < -0.4 is 5.32 Å². The summed E-state index contributed by atoms with van der Waals surface area (Å²) in [6, 6.07) is 14.2.